The quantitative estimate of drug-likeness (QED) is 0.657. The number of nitrogens with zero attached hydrogens (tertiary/aromatic N) is 1. The molecule has 0 aromatic heterocycles. The lowest BCUT2D eigenvalue weighted by Crippen LogP contribution is -2.19. The van der Waals surface area contributed by atoms with Crippen molar-refractivity contribution in [1.29, 1.82) is 0 Å². The van der Waals surface area contributed by atoms with Gasteiger partial charge < -0.3 is 10.2 Å². The summed E-state index contributed by atoms with van der Waals surface area (Å²) in [6.07, 6.45) is 2.03. The molecule has 0 unspecified atom stereocenters. The van der Waals surface area contributed by atoms with Crippen molar-refractivity contribution in [2.45, 2.75) is 11.3 Å². The molecule has 0 spiro atoms. The number of halogens is 1. The molecule has 0 saturated carbocycles. The molecule has 148 valence electrons. The zero-order valence-electron chi connectivity index (χ0n) is 15.7. The Kier molecular flexibility index (Phi) is 5.06. The van der Waals surface area contributed by atoms with Crippen molar-refractivity contribution in [2.24, 2.45) is 0 Å². The Labute approximate surface area is 174 Å². The largest absolute Gasteiger partial charge is 0.339 e. The van der Waals surface area contributed by atoms with Crippen LogP contribution in [0.2, 0.25) is 5.02 Å². The fourth-order valence-electron chi connectivity index (χ4n) is 3.50. The van der Waals surface area contributed by atoms with Gasteiger partial charge in [-0.25, -0.2) is 8.42 Å². The molecule has 3 aromatic carbocycles. The second-order valence-electron chi connectivity index (χ2n) is 6.92. The van der Waals surface area contributed by atoms with Gasteiger partial charge >= 0.3 is 0 Å². The number of carbonyl (C=O) groups excluding carboxylic acids is 1. The third-order valence-electron chi connectivity index (χ3n) is 4.94. The maximum atomic E-state index is 12.9. The summed E-state index contributed by atoms with van der Waals surface area (Å²) in [6, 6.07) is 19.8. The minimum atomic E-state index is -3.45. The Balaban J connectivity index is 1.68. The van der Waals surface area contributed by atoms with Crippen molar-refractivity contribution < 1.29 is 13.2 Å². The highest BCUT2D eigenvalue weighted by Gasteiger charge is 2.23. The van der Waals surface area contributed by atoms with Gasteiger partial charge in [0.1, 0.15) is 0 Å². The summed E-state index contributed by atoms with van der Waals surface area (Å²) < 4.78 is 23.7. The number of para-hydroxylation sites is 3. The monoisotopic (exact) mass is 426 g/mol. The van der Waals surface area contributed by atoms with Gasteiger partial charge in [0.15, 0.2) is 9.84 Å². The van der Waals surface area contributed by atoms with Crippen molar-refractivity contribution in [3.8, 4) is 0 Å². The van der Waals surface area contributed by atoms with Crippen LogP contribution in [-0.2, 0) is 16.3 Å². The molecule has 1 amide bonds. The predicted octanol–water partition coefficient (Wildman–Crippen LogP) is 4.69. The van der Waals surface area contributed by atoms with E-state index < -0.39 is 15.7 Å². The summed E-state index contributed by atoms with van der Waals surface area (Å²) >= 11 is 6.18. The average molecular weight is 427 g/mol. The van der Waals surface area contributed by atoms with Crippen LogP contribution in [0.15, 0.2) is 71.6 Å². The van der Waals surface area contributed by atoms with Gasteiger partial charge in [-0.2, -0.15) is 0 Å². The summed E-state index contributed by atoms with van der Waals surface area (Å²) in [4.78, 5) is 15.1. The third-order valence-corrected chi connectivity index (χ3v) is 6.38. The molecule has 1 heterocycles. The molecule has 0 radical (unpaired) electrons. The molecule has 7 heteroatoms. The summed E-state index contributed by atoms with van der Waals surface area (Å²) in [5.74, 6) is -0.458. The van der Waals surface area contributed by atoms with E-state index in [-0.39, 0.29) is 15.5 Å². The molecule has 0 saturated heterocycles. The van der Waals surface area contributed by atoms with Crippen molar-refractivity contribution in [1.82, 2.24) is 0 Å². The van der Waals surface area contributed by atoms with E-state index in [4.69, 9.17) is 11.6 Å². The first-order valence-electron chi connectivity index (χ1n) is 9.10. The summed E-state index contributed by atoms with van der Waals surface area (Å²) in [7, 11) is -3.45. The third kappa shape index (κ3) is 3.86. The van der Waals surface area contributed by atoms with E-state index in [0.717, 1.165) is 30.6 Å². The van der Waals surface area contributed by atoms with E-state index >= 15 is 0 Å². The van der Waals surface area contributed by atoms with Crippen LogP contribution in [0.25, 0.3) is 0 Å². The van der Waals surface area contributed by atoms with E-state index in [9.17, 15) is 13.2 Å². The fraction of sp³-hybridized carbons (Fsp3) is 0.136. The number of anilines is 3. The molecule has 0 fully saturated rings. The van der Waals surface area contributed by atoms with Crippen molar-refractivity contribution >= 4 is 44.4 Å². The van der Waals surface area contributed by atoms with Crippen molar-refractivity contribution in [3.05, 3.63) is 82.9 Å². The van der Waals surface area contributed by atoms with E-state index in [1.54, 1.807) is 0 Å². The minimum Gasteiger partial charge on any atom is -0.339 e. The fourth-order valence-corrected chi connectivity index (χ4v) is 4.35. The molecule has 4 rings (SSSR count). The maximum Gasteiger partial charge on any atom is 0.257 e. The predicted molar refractivity (Wildman–Crippen MR) is 116 cm³/mol. The molecule has 1 N–H and O–H groups in total. The van der Waals surface area contributed by atoms with Crippen LogP contribution >= 0.6 is 11.6 Å². The first-order valence-corrected chi connectivity index (χ1v) is 11.4. The number of benzene rings is 3. The zero-order chi connectivity index (χ0) is 20.6. The number of carbonyl (C=O) groups is 1. The van der Waals surface area contributed by atoms with Crippen LogP contribution in [0.1, 0.15) is 15.9 Å². The molecule has 1 aliphatic heterocycles. The summed E-state index contributed by atoms with van der Waals surface area (Å²) in [5, 5.41) is 3.09. The summed E-state index contributed by atoms with van der Waals surface area (Å²) in [5.41, 5.74) is 4.01. The van der Waals surface area contributed by atoms with Crippen LogP contribution < -0.4 is 10.2 Å². The first kappa shape index (κ1) is 19.5. The molecular weight excluding hydrogens is 408 g/mol. The standard InChI is InChI=1S/C22H19ClN2O3S/c1-29(27,28)16-10-11-18(23)17(14-16)22(26)24-19-7-3-5-9-21(19)25-13-12-15-6-2-4-8-20(15)25/h2-11,14H,12-13H2,1H3,(H,24,26). The molecule has 0 atom stereocenters. The van der Waals surface area contributed by atoms with Crippen LogP contribution in [-0.4, -0.2) is 27.1 Å². The highest BCUT2D eigenvalue weighted by Crippen LogP contribution is 2.38. The number of nitrogens with one attached hydrogen (secondary N) is 1. The van der Waals surface area contributed by atoms with Gasteiger partial charge in [-0.3, -0.25) is 4.79 Å². The molecule has 29 heavy (non-hydrogen) atoms. The molecule has 5 nitrogen and oxygen atoms in total. The number of amides is 1. The van der Waals surface area contributed by atoms with Crippen molar-refractivity contribution in [3.63, 3.8) is 0 Å². The van der Waals surface area contributed by atoms with E-state index in [1.807, 2.05) is 36.4 Å². The minimum absolute atomic E-state index is 0.0498. The first-order chi connectivity index (χ1) is 13.8. The second kappa shape index (κ2) is 7.54. The molecule has 0 bridgehead atoms. The second-order valence-corrected chi connectivity index (χ2v) is 9.34. The Bertz CT molecular complexity index is 1210. The normalized spacial score (nSPS) is 13.2. The van der Waals surface area contributed by atoms with Gasteiger partial charge in [-0.1, -0.05) is 41.9 Å². The number of rotatable bonds is 4. The van der Waals surface area contributed by atoms with Gasteiger partial charge in [-0.05, 0) is 48.4 Å². The zero-order valence-corrected chi connectivity index (χ0v) is 17.3. The lowest BCUT2D eigenvalue weighted by Gasteiger charge is -2.23. The maximum absolute atomic E-state index is 12.9. The Hall–Kier alpha value is -2.83. The number of fused-ring (bicyclic) bond motifs is 1. The Morgan fingerprint density at radius 3 is 2.45 bits per heavy atom. The van der Waals surface area contributed by atoms with E-state index in [1.165, 1.54) is 23.8 Å². The lowest BCUT2D eigenvalue weighted by atomic mass is 10.1. The van der Waals surface area contributed by atoms with Gasteiger partial charge in [0.2, 0.25) is 0 Å². The molecule has 0 aliphatic carbocycles. The van der Waals surface area contributed by atoms with Crippen molar-refractivity contribution in [2.75, 3.05) is 23.0 Å². The van der Waals surface area contributed by atoms with Gasteiger partial charge in [-0.15, -0.1) is 0 Å². The average Bonchev–Trinajstić information content (AvgIpc) is 3.12. The molecular formula is C22H19ClN2O3S. The topological polar surface area (TPSA) is 66.5 Å². The number of hydrogen-bond donors (Lipinski definition) is 1. The van der Waals surface area contributed by atoms with E-state index in [2.05, 4.69) is 22.3 Å². The van der Waals surface area contributed by atoms with Gasteiger partial charge in [0.05, 0.1) is 26.9 Å². The number of hydrogen-bond acceptors (Lipinski definition) is 4. The highest BCUT2D eigenvalue weighted by atomic mass is 35.5. The smallest absolute Gasteiger partial charge is 0.257 e. The summed E-state index contributed by atoms with van der Waals surface area (Å²) in [6.45, 7) is 0.816. The SMILES string of the molecule is CS(=O)(=O)c1ccc(Cl)c(C(=O)Nc2ccccc2N2CCc3ccccc32)c1. The van der Waals surface area contributed by atoms with Gasteiger partial charge in [0.25, 0.3) is 5.91 Å². The van der Waals surface area contributed by atoms with Crippen LogP contribution in [0.4, 0.5) is 17.1 Å². The van der Waals surface area contributed by atoms with Crippen LogP contribution in [0.5, 0.6) is 0 Å². The highest BCUT2D eigenvalue weighted by molar-refractivity contribution is 7.90. The van der Waals surface area contributed by atoms with Crippen LogP contribution in [0.3, 0.4) is 0 Å². The number of sulfone groups is 1. The molecule has 3 aromatic rings. The Morgan fingerprint density at radius 1 is 1.00 bits per heavy atom. The molecule has 1 aliphatic rings. The van der Waals surface area contributed by atoms with Crippen LogP contribution in [0, 0.1) is 0 Å². The van der Waals surface area contributed by atoms with Gasteiger partial charge in [0, 0.05) is 18.5 Å². The Morgan fingerprint density at radius 2 is 1.69 bits per heavy atom. The lowest BCUT2D eigenvalue weighted by molar-refractivity contribution is 0.102. The van der Waals surface area contributed by atoms with E-state index in [0.29, 0.717) is 5.69 Å².